The first-order valence-corrected chi connectivity index (χ1v) is 10.9. The number of aromatic nitrogens is 2. The molecule has 1 fully saturated rings. The second-order valence-electron chi connectivity index (χ2n) is 7.79. The molecule has 1 aliphatic rings. The van der Waals surface area contributed by atoms with Gasteiger partial charge in [0.1, 0.15) is 5.82 Å². The average Bonchev–Trinajstić information content (AvgIpc) is 3.23. The monoisotopic (exact) mass is 422 g/mol. The lowest BCUT2D eigenvalue weighted by molar-refractivity contribution is 0.312. The highest BCUT2D eigenvalue weighted by Crippen LogP contribution is 2.41. The van der Waals surface area contributed by atoms with Crippen LogP contribution in [0.2, 0.25) is 0 Å². The molecule has 0 unspecified atom stereocenters. The summed E-state index contributed by atoms with van der Waals surface area (Å²) < 4.78 is 16.6. The predicted octanol–water partition coefficient (Wildman–Crippen LogP) is 5.40. The average molecular weight is 423 g/mol. The number of thiocarbonyl (C=S) groups is 1. The van der Waals surface area contributed by atoms with Gasteiger partial charge in [0.2, 0.25) is 0 Å². The second kappa shape index (κ2) is 8.56. The Morgan fingerprint density at radius 3 is 2.60 bits per heavy atom. The van der Waals surface area contributed by atoms with Crippen molar-refractivity contribution in [1.29, 1.82) is 0 Å². The molecule has 3 aromatic rings. The maximum absolute atomic E-state index is 14.6. The molecular weight excluding hydrogens is 395 g/mol. The van der Waals surface area contributed by atoms with Gasteiger partial charge in [0.25, 0.3) is 0 Å². The number of nitrogens with zero attached hydrogens (tertiary/aromatic N) is 3. The van der Waals surface area contributed by atoms with Crippen LogP contribution in [-0.4, -0.2) is 26.1 Å². The predicted molar refractivity (Wildman–Crippen MR) is 122 cm³/mol. The number of pyridine rings is 1. The molecule has 0 bridgehead atoms. The van der Waals surface area contributed by atoms with Crippen LogP contribution in [0.25, 0.3) is 5.69 Å². The highest BCUT2D eigenvalue weighted by Gasteiger charge is 2.41. The molecule has 2 aromatic heterocycles. The summed E-state index contributed by atoms with van der Waals surface area (Å²) in [4.78, 5) is 6.87. The summed E-state index contributed by atoms with van der Waals surface area (Å²) in [5, 5.41) is 4.25. The lowest BCUT2D eigenvalue weighted by Crippen LogP contribution is -2.30. The molecule has 0 amide bonds. The minimum Gasteiger partial charge on any atom is -0.352 e. The number of hydrogen-bond donors (Lipinski definition) is 1. The second-order valence-corrected chi connectivity index (χ2v) is 8.17. The van der Waals surface area contributed by atoms with Crippen LogP contribution in [0.4, 0.5) is 4.39 Å². The number of rotatable bonds is 6. The molecule has 0 spiro atoms. The van der Waals surface area contributed by atoms with E-state index >= 15 is 0 Å². The third-order valence-corrected chi connectivity index (χ3v) is 6.18. The Kier molecular flexibility index (Phi) is 5.86. The van der Waals surface area contributed by atoms with Crippen LogP contribution in [0, 0.1) is 19.7 Å². The Hall–Kier alpha value is -2.73. The molecule has 1 aliphatic heterocycles. The van der Waals surface area contributed by atoms with Gasteiger partial charge in [-0.25, -0.2) is 4.39 Å². The Labute approximate surface area is 182 Å². The summed E-state index contributed by atoms with van der Waals surface area (Å²) in [7, 11) is 0. The SMILES string of the molecule is CCCCN1C(=S)N[C@@H](c2ccccn2)[C@H]1c1cc(C)n(-c2ccccc2F)c1C. The zero-order chi connectivity index (χ0) is 21.3. The molecule has 0 radical (unpaired) electrons. The quantitative estimate of drug-likeness (QED) is 0.539. The molecule has 0 saturated carbocycles. The van der Waals surface area contributed by atoms with E-state index in [4.69, 9.17) is 12.2 Å². The first-order valence-electron chi connectivity index (χ1n) is 10.4. The fourth-order valence-corrected chi connectivity index (χ4v) is 4.74. The number of para-hydroxylation sites is 1. The number of unbranched alkanes of at least 4 members (excludes halogenated alkanes) is 1. The molecule has 2 atom stereocenters. The molecular formula is C24H27FN4S. The smallest absolute Gasteiger partial charge is 0.170 e. The molecule has 4 nitrogen and oxygen atoms in total. The third-order valence-electron chi connectivity index (χ3n) is 5.83. The van der Waals surface area contributed by atoms with E-state index in [0.29, 0.717) is 5.69 Å². The molecule has 3 heterocycles. The van der Waals surface area contributed by atoms with Crippen molar-refractivity contribution in [1.82, 2.24) is 19.8 Å². The van der Waals surface area contributed by atoms with E-state index in [2.05, 4.69) is 35.1 Å². The van der Waals surface area contributed by atoms with Gasteiger partial charge in [-0.15, -0.1) is 0 Å². The number of hydrogen-bond acceptors (Lipinski definition) is 2. The summed E-state index contributed by atoms with van der Waals surface area (Å²) in [5.41, 5.74) is 4.70. The topological polar surface area (TPSA) is 33.1 Å². The van der Waals surface area contributed by atoms with Crippen molar-refractivity contribution in [2.75, 3.05) is 6.54 Å². The summed E-state index contributed by atoms with van der Waals surface area (Å²) in [6, 6.07) is 15.0. The van der Waals surface area contributed by atoms with Crippen molar-refractivity contribution in [3.63, 3.8) is 0 Å². The molecule has 0 aliphatic carbocycles. The number of nitrogens with one attached hydrogen (secondary N) is 1. The Morgan fingerprint density at radius 1 is 1.13 bits per heavy atom. The highest BCUT2D eigenvalue weighted by molar-refractivity contribution is 7.80. The lowest BCUT2D eigenvalue weighted by Gasteiger charge is -2.28. The van der Waals surface area contributed by atoms with Crippen LogP contribution in [0.1, 0.15) is 54.5 Å². The highest BCUT2D eigenvalue weighted by atomic mass is 32.1. The van der Waals surface area contributed by atoms with Crippen LogP contribution in [0.5, 0.6) is 0 Å². The van der Waals surface area contributed by atoms with Gasteiger partial charge in [-0.05, 0) is 68.4 Å². The van der Waals surface area contributed by atoms with Crippen molar-refractivity contribution >= 4 is 17.3 Å². The first kappa shape index (κ1) is 20.5. The maximum Gasteiger partial charge on any atom is 0.170 e. The standard InChI is InChI=1S/C24H27FN4S/c1-4-5-14-28-23(22(27-24(28)30)20-11-8-9-13-26-20)18-15-16(2)29(17(18)3)21-12-7-6-10-19(21)25/h6-13,15,22-23H,4-5,14H2,1-3H3,(H,27,30)/t22-,23+/m0/s1. The van der Waals surface area contributed by atoms with Crippen molar-refractivity contribution < 1.29 is 4.39 Å². The van der Waals surface area contributed by atoms with Gasteiger partial charge < -0.3 is 14.8 Å². The summed E-state index contributed by atoms with van der Waals surface area (Å²) >= 11 is 5.73. The normalized spacial score (nSPS) is 18.7. The van der Waals surface area contributed by atoms with E-state index in [0.717, 1.165) is 47.1 Å². The van der Waals surface area contributed by atoms with E-state index in [1.165, 1.54) is 6.07 Å². The van der Waals surface area contributed by atoms with E-state index in [1.807, 2.05) is 48.0 Å². The lowest BCUT2D eigenvalue weighted by atomic mass is 9.96. The number of aryl methyl sites for hydroxylation is 1. The van der Waals surface area contributed by atoms with Crippen LogP contribution in [0.15, 0.2) is 54.7 Å². The van der Waals surface area contributed by atoms with Crippen LogP contribution in [-0.2, 0) is 0 Å². The summed E-state index contributed by atoms with van der Waals surface area (Å²) in [5.74, 6) is -0.227. The molecule has 156 valence electrons. The molecule has 30 heavy (non-hydrogen) atoms. The van der Waals surface area contributed by atoms with Gasteiger partial charge in [-0.3, -0.25) is 4.98 Å². The van der Waals surface area contributed by atoms with E-state index in [-0.39, 0.29) is 17.9 Å². The zero-order valence-electron chi connectivity index (χ0n) is 17.6. The van der Waals surface area contributed by atoms with Gasteiger partial charge in [0, 0.05) is 24.1 Å². The Balaban J connectivity index is 1.83. The molecule has 1 aromatic carbocycles. The molecule has 6 heteroatoms. The number of halogens is 1. The van der Waals surface area contributed by atoms with Gasteiger partial charge >= 0.3 is 0 Å². The van der Waals surface area contributed by atoms with E-state index < -0.39 is 0 Å². The minimum atomic E-state index is -0.227. The van der Waals surface area contributed by atoms with Gasteiger partial charge in [0.15, 0.2) is 5.11 Å². The minimum absolute atomic E-state index is 0.00525. The zero-order valence-corrected chi connectivity index (χ0v) is 18.4. The third kappa shape index (κ3) is 3.60. The van der Waals surface area contributed by atoms with Crippen molar-refractivity contribution in [2.24, 2.45) is 0 Å². The fourth-order valence-electron chi connectivity index (χ4n) is 4.40. The molecule has 1 N–H and O–H groups in total. The summed E-state index contributed by atoms with van der Waals surface area (Å²) in [6.07, 6.45) is 3.96. The Bertz CT molecular complexity index is 1050. The Morgan fingerprint density at radius 2 is 1.90 bits per heavy atom. The van der Waals surface area contributed by atoms with E-state index in [1.54, 1.807) is 6.07 Å². The number of benzene rings is 1. The largest absolute Gasteiger partial charge is 0.352 e. The van der Waals surface area contributed by atoms with Gasteiger partial charge in [-0.2, -0.15) is 0 Å². The van der Waals surface area contributed by atoms with Crippen molar-refractivity contribution in [3.8, 4) is 5.69 Å². The van der Waals surface area contributed by atoms with Crippen LogP contribution in [0.3, 0.4) is 0 Å². The van der Waals surface area contributed by atoms with Crippen molar-refractivity contribution in [2.45, 2.75) is 45.7 Å². The first-order chi connectivity index (χ1) is 14.5. The maximum atomic E-state index is 14.6. The van der Waals surface area contributed by atoms with Crippen LogP contribution >= 0.6 is 12.2 Å². The van der Waals surface area contributed by atoms with Crippen LogP contribution < -0.4 is 5.32 Å². The van der Waals surface area contributed by atoms with Gasteiger partial charge in [-0.1, -0.05) is 31.5 Å². The molecule has 1 saturated heterocycles. The van der Waals surface area contributed by atoms with Crippen molar-refractivity contribution in [3.05, 3.63) is 83.2 Å². The van der Waals surface area contributed by atoms with Gasteiger partial charge in [0.05, 0.1) is 23.5 Å². The summed E-state index contributed by atoms with van der Waals surface area (Å²) in [6.45, 7) is 7.14. The fraction of sp³-hybridized carbons (Fsp3) is 0.333. The van der Waals surface area contributed by atoms with E-state index in [9.17, 15) is 4.39 Å². The molecule has 4 rings (SSSR count).